The molecule has 0 spiro atoms. The van der Waals surface area contributed by atoms with Crippen molar-refractivity contribution >= 4 is 70.1 Å². The maximum absolute atomic E-state index is 12.1. The minimum atomic E-state index is -0.421. The quantitative estimate of drug-likeness (QED) is 0.220. The Balaban J connectivity index is 1.52. The zero-order chi connectivity index (χ0) is 25.4. The van der Waals surface area contributed by atoms with Gasteiger partial charge in [-0.15, -0.1) is 0 Å². The van der Waals surface area contributed by atoms with E-state index in [1.165, 1.54) is 6.21 Å². The molecule has 3 rings (SSSR count). The number of carbonyl (C=O) groups excluding carboxylic acids is 2. The molecular formula is C25H21Cl4N3O3. The first-order chi connectivity index (χ1) is 16.7. The summed E-state index contributed by atoms with van der Waals surface area (Å²) in [5.41, 5.74) is 5.18. The van der Waals surface area contributed by atoms with E-state index in [9.17, 15) is 9.59 Å². The molecule has 0 aliphatic heterocycles. The van der Waals surface area contributed by atoms with Crippen LogP contribution in [0.15, 0.2) is 59.7 Å². The van der Waals surface area contributed by atoms with Crippen LogP contribution < -0.4 is 15.5 Å². The van der Waals surface area contributed by atoms with Gasteiger partial charge in [-0.05, 0) is 55.0 Å². The second-order valence-corrected chi connectivity index (χ2v) is 9.20. The van der Waals surface area contributed by atoms with Crippen LogP contribution in [-0.4, -0.2) is 18.0 Å². The Morgan fingerprint density at radius 3 is 2.34 bits per heavy atom. The molecule has 0 aliphatic carbocycles. The van der Waals surface area contributed by atoms with Gasteiger partial charge in [-0.1, -0.05) is 58.5 Å². The third-order valence-corrected chi connectivity index (χ3v) is 6.03. The Morgan fingerprint density at radius 2 is 1.60 bits per heavy atom. The van der Waals surface area contributed by atoms with Crippen molar-refractivity contribution < 1.29 is 14.3 Å². The Hall–Kier alpha value is -2.77. The fraction of sp³-hybridized carbons (Fsp3) is 0.160. The molecule has 0 aliphatic rings. The van der Waals surface area contributed by atoms with Crippen LogP contribution in [0.4, 0.5) is 5.69 Å². The SMILES string of the molecule is Cc1ccc(NC(=O)CCC(=O)NN=Cc2cc(Cl)ccc2OCc2ccc(Cl)cc2Cl)cc1Cl. The average molecular weight is 553 g/mol. The number of hydrogen-bond donors (Lipinski definition) is 2. The molecular weight excluding hydrogens is 532 g/mol. The predicted molar refractivity (Wildman–Crippen MR) is 142 cm³/mol. The Morgan fingerprint density at radius 1 is 0.886 bits per heavy atom. The standard InChI is InChI=1S/C25H21Cl4N3O3/c1-15-2-6-20(12-21(15)28)31-24(33)8-9-25(34)32-30-13-17-10-18(26)5-7-23(17)35-14-16-3-4-19(27)11-22(16)29/h2-7,10-13H,8-9,14H2,1H3,(H,31,33)(H,32,34). The minimum absolute atomic E-state index is 0.0137. The number of rotatable bonds is 9. The fourth-order valence-electron chi connectivity index (χ4n) is 2.90. The zero-order valence-corrected chi connectivity index (χ0v) is 21.6. The summed E-state index contributed by atoms with van der Waals surface area (Å²) >= 11 is 24.3. The predicted octanol–water partition coefficient (Wildman–Crippen LogP) is 7.06. The normalized spacial score (nSPS) is 10.9. The van der Waals surface area contributed by atoms with Crippen LogP contribution in [0, 0.1) is 6.92 Å². The van der Waals surface area contributed by atoms with Gasteiger partial charge in [0.15, 0.2) is 0 Å². The number of hydrazone groups is 1. The molecule has 3 aromatic rings. The second kappa shape index (κ2) is 12.8. The van der Waals surface area contributed by atoms with Crippen LogP contribution in [0.25, 0.3) is 0 Å². The molecule has 0 heterocycles. The van der Waals surface area contributed by atoms with Gasteiger partial charge in [0.1, 0.15) is 12.4 Å². The number of benzene rings is 3. The third-order valence-electron chi connectivity index (χ3n) is 4.80. The lowest BCUT2D eigenvalue weighted by Crippen LogP contribution is -2.20. The molecule has 0 fully saturated rings. The molecule has 0 saturated heterocycles. The van der Waals surface area contributed by atoms with Crippen molar-refractivity contribution in [2.45, 2.75) is 26.4 Å². The van der Waals surface area contributed by atoms with E-state index < -0.39 is 5.91 Å². The highest BCUT2D eigenvalue weighted by molar-refractivity contribution is 6.35. The molecule has 35 heavy (non-hydrogen) atoms. The lowest BCUT2D eigenvalue weighted by Gasteiger charge is -2.11. The van der Waals surface area contributed by atoms with Gasteiger partial charge in [0.25, 0.3) is 0 Å². The number of nitrogens with one attached hydrogen (secondary N) is 2. The van der Waals surface area contributed by atoms with Crippen LogP contribution in [0.2, 0.25) is 20.1 Å². The van der Waals surface area contributed by atoms with E-state index in [0.717, 1.165) is 11.1 Å². The molecule has 0 unspecified atom stereocenters. The molecule has 6 nitrogen and oxygen atoms in total. The van der Waals surface area contributed by atoms with Gasteiger partial charge in [-0.3, -0.25) is 9.59 Å². The van der Waals surface area contributed by atoms with Crippen molar-refractivity contribution in [2.75, 3.05) is 5.32 Å². The summed E-state index contributed by atoms with van der Waals surface area (Å²) in [5.74, 6) is -0.235. The Bertz CT molecular complexity index is 1260. The van der Waals surface area contributed by atoms with E-state index in [2.05, 4.69) is 15.8 Å². The van der Waals surface area contributed by atoms with E-state index in [0.29, 0.717) is 37.1 Å². The number of carbonyl (C=O) groups is 2. The van der Waals surface area contributed by atoms with Crippen molar-refractivity contribution in [3.05, 3.63) is 91.4 Å². The highest BCUT2D eigenvalue weighted by atomic mass is 35.5. The van der Waals surface area contributed by atoms with Crippen LogP contribution in [0.1, 0.15) is 29.5 Å². The highest BCUT2D eigenvalue weighted by Crippen LogP contribution is 2.26. The first-order valence-electron chi connectivity index (χ1n) is 10.5. The number of aryl methyl sites for hydroxylation is 1. The van der Waals surface area contributed by atoms with E-state index in [-0.39, 0.29) is 25.4 Å². The van der Waals surface area contributed by atoms with Gasteiger partial charge in [0.05, 0.1) is 6.21 Å². The Labute approximate surface area is 223 Å². The molecule has 10 heteroatoms. The molecule has 2 N–H and O–H groups in total. The van der Waals surface area contributed by atoms with Gasteiger partial charge in [0, 0.05) is 49.7 Å². The summed E-state index contributed by atoms with van der Waals surface area (Å²) in [7, 11) is 0. The number of amides is 2. The summed E-state index contributed by atoms with van der Waals surface area (Å²) < 4.78 is 5.86. The van der Waals surface area contributed by atoms with Gasteiger partial charge >= 0.3 is 0 Å². The van der Waals surface area contributed by atoms with Crippen molar-refractivity contribution in [1.29, 1.82) is 0 Å². The number of anilines is 1. The third kappa shape index (κ3) is 8.44. The van der Waals surface area contributed by atoms with Gasteiger partial charge < -0.3 is 10.1 Å². The Kier molecular flexibility index (Phi) is 9.81. The van der Waals surface area contributed by atoms with E-state index in [4.69, 9.17) is 51.1 Å². The number of nitrogens with zero attached hydrogens (tertiary/aromatic N) is 1. The van der Waals surface area contributed by atoms with Crippen molar-refractivity contribution in [3.63, 3.8) is 0 Å². The molecule has 0 saturated carbocycles. The first kappa shape index (κ1) is 26.8. The van der Waals surface area contributed by atoms with Crippen LogP contribution >= 0.6 is 46.4 Å². The summed E-state index contributed by atoms with van der Waals surface area (Å²) in [6, 6.07) is 15.4. The number of hydrogen-bond acceptors (Lipinski definition) is 4. The zero-order valence-electron chi connectivity index (χ0n) is 18.6. The molecule has 0 atom stereocenters. The maximum atomic E-state index is 12.1. The summed E-state index contributed by atoms with van der Waals surface area (Å²) in [6.07, 6.45) is 1.36. The molecule has 2 amide bonds. The topological polar surface area (TPSA) is 79.8 Å². The van der Waals surface area contributed by atoms with Crippen LogP contribution in [0.5, 0.6) is 5.75 Å². The van der Waals surface area contributed by atoms with Gasteiger partial charge in [0.2, 0.25) is 11.8 Å². The lowest BCUT2D eigenvalue weighted by molar-refractivity contribution is -0.124. The van der Waals surface area contributed by atoms with Crippen LogP contribution in [-0.2, 0) is 16.2 Å². The molecule has 3 aromatic carbocycles. The lowest BCUT2D eigenvalue weighted by atomic mass is 10.2. The van der Waals surface area contributed by atoms with Gasteiger partial charge in [-0.2, -0.15) is 5.10 Å². The molecule has 0 bridgehead atoms. The van der Waals surface area contributed by atoms with E-state index >= 15 is 0 Å². The highest BCUT2D eigenvalue weighted by Gasteiger charge is 2.09. The van der Waals surface area contributed by atoms with Crippen molar-refractivity contribution in [2.24, 2.45) is 5.10 Å². The first-order valence-corrected chi connectivity index (χ1v) is 12.0. The molecule has 0 aromatic heterocycles. The van der Waals surface area contributed by atoms with Crippen LogP contribution in [0.3, 0.4) is 0 Å². The van der Waals surface area contributed by atoms with Crippen molar-refractivity contribution in [1.82, 2.24) is 5.43 Å². The van der Waals surface area contributed by atoms with Gasteiger partial charge in [-0.25, -0.2) is 5.43 Å². The largest absolute Gasteiger partial charge is 0.488 e. The summed E-state index contributed by atoms with van der Waals surface area (Å²) in [4.78, 5) is 24.2. The summed E-state index contributed by atoms with van der Waals surface area (Å²) in [6.45, 7) is 2.07. The smallest absolute Gasteiger partial charge is 0.240 e. The number of ether oxygens (including phenoxy) is 1. The minimum Gasteiger partial charge on any atom is -0.488 e. The fourth-order valence-corrected chi connectivity index (χ4v) is 3.72. The number of halogens is 4. The van der Waals surface area contributed by atoms with E-state index in [1.807, 2.05) is 6.92 Å². The molecule has 0 radical (unpaired) electrons. The summed E-state index contributed by atoms with van der Waals surface area (Å²) in [5, 5.41) is 8.71. The van der Waals surface area contributed by atoms with E-state index in [1.54, 1.807) is 54.6 Å². The average Bonchev–Trinajstić information content (AvgIpc) is 2.80. The maximum Gasteiger partial charge on any atom is 0.240 e. The van der Waals surface area contributed by atoms with Crippen molar-refractivity contribution in [3.8, 4) is 5.75 Å². The monoisotopic (exact) mass is 551 g/mol. The molecule has 182 valence electrons. The second-order valence-electron chi connectivity index (χ2n) is 7.51.